The quantitative estimate of drug-likeness (QED) is 0.441. The third-order valence-electron chi connectivity index (χ3n) is 5.10. The van der Waals surface area contributed by atoms with E-state index in [2.05, 4.69) is 47.0 Å². The van der Waals surface area contributed by atoms with Gasteiger partial charge in [0.25, 0.3) is 0 Å². The fraction of sp³-hybridized carbons (Fsp3) is 0. The maximum atomic E-state index is 9.19. The molecular weight excluding hydrogens is 361 g/mol. The van der Waals surface area contributed by atoms with Gasteiger partial charge >= 0.3 is 7.32 Å². The van der Waals surface area contributed by atoms with Gasteiger partial charge in [-0.05, 0) is 47.5 Å². The van der Waals surface area contributed by atoms with E-state index in [1.165, 1.54) is 5.56 Å². The second-order valence-corrected chi connectivity index (χ2v) is 6.89. The van der Waals surface area contributed by atoms with Crippen molar-refractivity contribution in [2.75, 3.05) is 0 Å². The lowest BCUT2D eigenvalue weighted by atomic mass is 10.0. The van der Waals surface area contributed by atoms with E-state index in [1.54, 1.807) is 6.07 Å². The van der Waals surface area contributed by atoms with Crippen LogP contribution in [-0.4, -0.2) is 21.9 Å². The summed E-state index contributed by atoms with van der Waals surface area (Å²) in [7, 11) is -1.85. The lowest BCUT2D eigenvalue weighted by Gasteiger charge is -2.09. The van der Waals surface area contributed by atoms with Gasteiger partial charge in [-0.1, -0.05) is 54.6 Å². The minimum atomic E-state index is -1.85. The molecule has 4 aromatic carbocycles. The molecule has 5 heteroatoms. The molecule has 1 aromatic heterocycles. The lowest BCUT2D eigenvalue weighted by molar-refractivity contribution is 0.288. The molecule has 1 heterocycles. The molecule has 0 radical (unpaired) electrons. The molecule has 4 nitrogen and oxygen atoms in total. The predicted octanol–water partition coefficient (Wildman–Crippen LogP) is 4.80. The summed E-state index contributed by atoms with van der Waals surface area (Å²) < 4.78 is 7.26. The van der Waals surface area contributed by atoms with Gasteiger partial charge in [0.1, 0.15) is 5.75 Å². The Morgan fingerprint density at radius 1 is 0.621 bits per heavy atom. The summed E-state index contributed by atoms with van der Waals surface area (Å²) >= 11 is 0. The number of aromatic nitrogens is 1. The van der Waals surface area contributed by atoms with Gasteiger partial charge in [-0.3, -0.25) is 0 Å². The molecule has 5 aromatic rings. The minimum Gasteiger partial charge on any atom is -0.512 e. The van der Waals surface area contributed by atoms with Gasteiger partial charge in [0.15, 0.2) is 0 Å². The van der Waals surface area contributed by atoms with E-state index in [1.807, 2.05) is 48.5 Å². The van der Waals surface area contributed by atoms with Crippen molar-refractivity contribution in [2.24, 2.45) is 0 Å². The van der Waals surface area contributed by atoms with Crippen LogP contribution in [0.3, 0.4) is 0 Å². The van der Waals surface area contributed by atoms with E-state index in [9.17, 15) is 10.0 Å². The summed E-state index contributed by atoms with van der Waals surface area (Å²) in [5.41, 5.74) is 5.36. The zero-order valence-corrected chi connectivity index (χ0v) is 15.6. The van der Waals surface area contributed by atoms with E-state index in [0.717, 1.165) is 33.1 Å². The molecular formula is C24H18BNO3. The van der Waals surface area contributed by atoms with Crippen molar-refractivity contribution in [3.8, 4) is 22.6 Å². The smallest absolute Gasteiger partial charge is 0.512 e. The van der Waals surface area contributed by atoms with Gasteiger partial charge in [-0.25, -0.2) is 0 Å². The molecule has 0 aliphatic carbocycles. The molecule has 0 atom stereocenters. The Morgan fingerprint density at radius 2 is 1.34 bits per heavy atom. The lowest BCUT2D eigenvalue weighted by Crippen LogP contribution is -2.20. The average Bonchev–Trinajstić information content (AvgIpc) is 3.07. The standard InChI is InChI=1S/C24H18BNO3/c27-25(28)29-20-12-13-21-22-15-18(17-7-3-1-4-8-17)11-14-23(22)26(24(21)16-20)19-9-5-2-6-10-19/h1-16,27-28H. The minimum absolute atomic E-state index is 0.399. The van der Waals surface area contributed by atoms with Crippen molar-refractivity contribution in [1.29, 1.82) is 0 Å². The van der Waals surface area contributed by atoms with Gasteiger partial charge in [-0.2, -0.15) is 0 Å². The summed E-state index contributed by atoms with van der Waals surface area (Å²) in [6.07, 6.45) is 0. The molecule has 0 unspecified atom stereocenters. The van der Waals surface area contributed by atoms with Crippen molar-refractivity contribution in [1.82, 2.24) is 4.57 Å². The first-order valence-electron chi connectivity index (χ1n) is 9.42. The monoisotopic (exact) mass is 379 g/mol. The van der Waals surface area contributed by atoms with Gasteiger partial charge < -0.3 is 19.3 Å². The first-order valence-corrected chi connectivity index (χ1v) is 9.42. The Hall–Kier alpha value is -3.54. The summed E-state index contributed by atoms with van der Waals surface area (Å²) in [5.74, 6) is 0.399. The number of nitrogens with zero attached hydrogens (tertiary/aromatic N) is 1. The van der Waals surface area contributed by atoms with Crippen LogP contribution in [0, 0.1) is 0 Å². The Balaban J connectivity index is 1.81. The number of para-hydroxylation sites is 1. The molecule has 0 saturated heterocycles. The zero-order valence-electron chi connectivity index (χ0n) is 15.6. The van der Waals surface area contributed by atoms with E-state index in [-0.39, 0.29) is 0 Å². The molecule has 0 aliphatic rings. The van der Waals surface area contributed by atoms with Crippen LogP contribution in [0.15, 0.2) is 97.1 Å². The van der Waals surface area contributed by atoms with Gasteiger partial charge in [0.2, 0.25) is 0 Å². The Labute approximate surface area is 168 Å². The van der Waals surface area contributed by atoms with Crippen molar-refractivity contribution in [3.63, 3.8) is 0 Å². The van der Waals surface area contributed by atoms with Crippen LogP contribution in [0.5, 0.6) is 5.75 Å². The van der Waals surface area contributed by atoms with Crippen LogP contribution in [0.4, 0.5) is 0 Å². The molecule has 5 rings (SSSR count). The van der Waals surface area contributed by atoms with Crippen LogP contribution in [0.1, 0.15) is 0 Å². The maximum Gasteiger partial charge on any atom is 0.707 e. The first kappa shape index (κ1) is 17.6. The molecule has 0 aliphatic heterocycles. The van der Waals surface area contributed by atoms with E-state index in [0.29, 0.717) is 5.75 Å². The Kier molecular flexibility index (Phi) is 4.32. The fourth-order valence-corrected chi connectivity index (χ4v) is 3.86. The van der Waals surface area contributed by atoms with E-state index >= 15 is 0 Å². The number of rotatable bonds is 4. The Bertz CT molecular complexity index is 1300. The molecule has 0 spiro atoms. The molecule has 0 amide bonds. The average molecular weight is 379 g/mol. The van der Waals surface area contributed by atoms with Crippen LogP contribution < -0.4 is 4.65 Å². The van der Waals surface area contributed by atoms with Crippen molar-refractivity contribution < 1.29 is 14.7 Å². The molecule has 29 heavy (non-hydrogen) atoms. The van der Waals surface area contributed by atoms with Gasteiger partial charge in [0, 0.05) is 22.5 Å². The third-order valence-corrected chi connectivity index (χ3v) is 5.10. The normalized spacial score (nSPS) is 11.1. The third kappa shape index (κ3) is 3.16. The number of hydrogen-bond acceptors (Lipinski definition) is 3. The maximum absolute atomic E-state index is 9.19. The van der Waals surface area contributed by atoms with Crippen molar-refractivity contribution in [2.45, 2.75) is 0 Å². The highest BCUT2D eigenvalue weighted by molar-refractivity contribution is 6.33. The number of fused-ring (bicyclic) bond motifs is 3. The van der Waals surface area contributed by atoms with E-state index < -0.39 is 7.32 Å². The van der Waals surface area contributed by atoms with Crippen molar-refractivity contribution >= 4 is 29.1 Å². The van der Waals surface area contributed by atoms with Crippen molar-refractivity contribution in [3.05, 3.63) is 97.1 Å². The molecule has 0 bridgehead atoms. The second-order valence-electron chi connectivity index (χ2n) is 6.89. The predicted molar refractivity (Wildman–Crippen MR) is 117 cm³/mol. The zero-order chi connectivity index (χ0) is 19.8. The molecule has 2 N–H and O–H groups in total. The SMILES string of the molecule is OB(O)Oc1ccc2c3cc(-c4ccccc4)ccc3n(-c3ccccc3)c2c1. The molecule has 0 fully saturated rings. The van der Waals surface area contributed by atoms with Crippen LogP contribution in [0.25, 0.3) is 38.6 Å². The fourth-order valence-electron chi connectivity index (χ4n) is 3.86. The van der Waals surface area contributed by atoms with Gasteiger partial charge in [0.05, 0.1) is 11.0 Å². The largest absolute Gasteiger partial charge is 0.707 e. The highest BCUT2D eigenvalue weighted by Crippen LogP contribution is 2.36. The number of benzene rings is 4. The van der Waals surface area contributed by atoms with Gasteiger partial charge in [-0.15, -0.1) is 0 Å². The Morgan fingerprint density at radius 3 is 2.07 bits per heavy atom. The summed E-state index contributed by atoms with van der Waals surface area (Å²) in [6.45, 7) is 0. The highest BCUT2D eigenvalue weighted by Gasteiger charge is 2.16. The molecule has 140 valence electrons. The number of hydrogen-bond donors (Lipinski definition) is 2. The summed E-state index contributed by atoms with van der Waals surface area (Å²) in [5, 5.41) is 20.6. The van der Waals surface area contributed by atoms with Crippen LogP contribution in [-0.2, 0) is 0 Å². The second kappa shape index (κ2) is 7.13. The van der Waals surface area contributed by atoms with Crippen LogP contribution in [0.2, 0.25) is 0 Å². The highest BCUT2D eigenvalue weighted by atomic mass is 16.6. The topological polar surface area (TPSA) is 54.6 Å². The molecule has 0 saturated carbocycles. The van der Waals surface area contributed by atoms with E-state index in [4.69, 9.17) is 4.65 Å². The van der Waals surface area contributed by atoms with Crippen LogP contribution >= 0.6 is 0 Å². The summed E-state index contributed by atoms with van der Waals surface area (Å²) in [6, 6.07) is 32.4. The summed E-state index contributed by atoms with van der Waals surface area (Å²) in [4.78, 5) is 0. The first-order chi connectivity index (χ1) is 14.2.